The fourth-order valence-electron chi connectivity index (χ4n) is 2.97. The first-order valence-electron chi connectivity index (χ1n) is 7.76. The highest BCUT2D eigenvalue weighted by atomic mass is 35.5. The van der Waals surface area contributed by atoms with E-state index in [0.29, 0.717) is 23.4 Å². The highest BCUT2D eigenvalue weighted by Gasteiger charge is 2.44. The third-order valence-corrected chi connectivity index (χ3v) is 6.87. The second kappa shape index (κ2) is 7.11. The van der Waals surface area contributed by atoms with Gasteiger partial charge in [0.2, 0.25) is 5.91 Å². The molecule has 0 spiro atoms. The van der Waals surface area contributed by atoms with Crippen molar-refractivity contribution in [2.24, 2.45) is 0 Å². The number of carbonyl (C=O) groups is 2. The molecule has 2 N–H and O–H groups in total. The van der Waals surface area contributed by atoms with E-state index in [-0.39, 0.29) is 18.6 Å². The number of amides is 1. The molecule has 0 saturated carbocycles. The number of halogens is 1. The van der Waals surface area contributed by atoms with Gasteiger partial charge in [0.15, 0.2) is 15.4 Å². The number of nitrogens with one attached hydrogen (secondary N) is 1. The van der Waals surface area contributed by atoms with Crippen LogP contribution in [0.15, 0.2) is 24.3 Å². The van der Waals surface area contributed by atoms with Gasteiger partial charge < -0.3 is 10.4 Å². The largest absolute Gasteiger partial charge is 0.479 e. The Morgan fingerprint density at radius 1 is 1.29 bits per heavy atom. The van der Waals surface area contributed by atoms with Gasteiger partial charge in [-0.05, 0) is 37.0 Å². The molecule has 0 radical (unpaired) electrons. The zero-order valence-electron chi connectivity index (χ0n) is 13.3. The van der Waals surface area contributed by atoms with Gasteiger partial charge in [-0.15, -0.1) is 0 Å². The van der Waals surface area contributed by atoms with Crippen LogP contribution in [0, 0.1) is 0 Å². The molecule has 1 fully saturated rings. The maximum absolute atomic E-state index is 12.6. The minimum atomic E-state index is -3.54. The summed E-state index contributed by atoms with van der Waals surface area (Å²) in [6.07, 6.45) is 1.45. The Bertz CT molecular complexity index is 731. The maximum Gasteiger partial charge on any atom is 0.334 e. The van der Waals surface area contributed by atoms with Gasteiger partial charge in [-0.25, -0.2) is 13.2 Å². The minimum absolute atomic E-state index is 0.0434. The molecule has 2 unspecified atom stereocenters. The van der Waals surface area contributed by atoms with E-state index >= 15 is 0 Å². The van der Waals surface area contributed by atoms with Crippen LogP contribution in [0.25, 0.3) is 0 Å². The van der Waals surface area contributed by atoms with Gasteiger partial charge in [-0.2, -0.15) is 0 Å². The van der Waals surface area contributed by atoms with E-state index in [0.717, 1.165) is 0 Å². The van der Waals surface area contributed by atoms with Crippen molar-refractivity contribution in [2.75, 3.05) is 5.75 Å². The quantitative estimate of drug-likeness (QED) is 0.823. The number of carboxylic acid groups (broad SMARTS) is 1. The zero-order valence-corrected chi connectivity index (χ0v) is 14.9. The summed E-state index contributed by atoms with van der Waals surface area (Å²) in [5.41, 5.74) is -1.34. The molecular formula is C16H20ClNO5S. The Labute approximate surface area is 146 Å². The lowest BCUT2D eigenvalue weighted by molar-refractivity contribution is -0.148. The first-order valence-corrected chi connectivity index (χ1v) is 9.85. The molecule has 8 heteroatoms. The van der Waals surface area contributed by atoms with Crippen LogP contribution in [-0.4, -0.2) is 36.4 Å². The van der Waals surface area contributed by atoms with Crippen molar-refractivity contribution in [3.63, 3.8) is 0 Å². The predicted molar refractivity (Wildman–Crippen MR) is 90.6 cm³/mol. The van der Waals surface area contributed by atoms with Crippen LogP contribution in [0.2, 0.25) is 5.02 Å². The van der Waals surface area contributed by atoms with Crippen LogP contribution < -0.4 is 5.32 Å². The molecule has 132 valence electrons. The van der Waals surface area contributed by atoms with Crippen LogP contribution in [0.3, 0.4) is 0 Å². The number of rotatable bonds is 5. The zero-order chi connectivity index (χ0) is 18.0. The molecule has 0 bridgehead atoms. The third-order valence-electron chi connectivity index (χ3n) is 4.44. The summed E-state index contributed by atoms with van der Waals surface area (Å²) in [5.74, 6) is -2.04. The van der Waals surface area contributed by atoms with Gasteiger partial charge >= 0.3 is 5.97 Å². The van der Waals surface area contributed by atoms with Crippen LogP contribution in [0.4, 0.5) is 0 Å². The number of carboxylic acids is 1. The Balaban J connectivity index is 2.37. The van der Waals surface area contributed by atoms with Gasteiger partial charge in [0.1, 0.15) is 5.25 Å². The molecule has 24 heavy (non-hydrogen) atoms. The fourth-order valence-corrected chi connectivity index (χ4v) is 4.89. The summed E-state index contributed by atoms with van der Waals surface area (Å²) < 4.78 is 24.2. The van der Waals surface area contributed by atoms with Crippen molar-refractivity contribution in [1.82, 2.24) is 5.32 Å². The number of benzene rings is 1. The number of carbonyl (C=O) groups excluding carboxylic acids is 1. The van der Waals surface area contributed by atoms with Gasteiger partial charge in [-0.1, -0.05) is 37.1 Å². The average Bonchev–Trinajstić information content (AvgIpc) is 2.52. The summed E-state index contributed by atoms with van der Waals surface area (Å²) in [6, 6.07) is 6.12. The molecule has 1 aliphatic heterocycles. The van der Waals surface area contributed by atoms with Gasteiger partial charge in [0, 0.05) is 5.02 Å². The number of hydrogen-bond acceptors (Lipinski definition) is 4. The third kappa shape index (κ3) is 3.57. The average molecular weight is 374 g/mol. The molecule has 2 atom stereocenters. The predicted octanol–water partition coefficient (Wildman–Crippen LogP) is 2.11. The Morgan fingerprint density at radius 3 is 2.42 bits per heavy atom. The monoisotopic (exact) mass is 373 g/mol. The molecule has 1 aromatic rings. The SMILES string of the molecule is CCC(NC(=O)C1CCCCS1(=O)=O)(C(=O)O)c1ccc(Cl)cc1. The van der Waals surface area contributed by atoms with Crippen molar-refractivity contribution in [1.29, 1.82) is 0 Å². The van der Waals surface area contributed by atoms with Gasteiger partial charge in [-0.3, -0.25) is 4.79 Å². The normalized spacial score (nSPS) is 22.3. The van der Waals surface area contributed by atoms with Gasteiger partial charge in [0.25, 0.3) is 0 Å². The lowest BCUT2D eigenvalue weighted by atomic mass is 9.87. The van der Waals surface area contributed by atoms with E-state index in [1.807, 2.05) is 0 Å². The van der Waals surface area contributed by atoms with Crippen molar-refractivity contribution in [3.05, 3.63) is 34.9 Å². The summed E-state index contributed by atoms with van der Waals surface area (Å²) in [7, 11) is -3.54. The standard InChI is InChI=1S/C16H20ClNO5S/c1-2-16(15(20)21,11-6-8-12(17)9-7-11)18-14(19)13-5-3-4-10-24(13,22)23/h6-9,13H,2-5,10H2,1H3,(H,18,19)(H,20,21). The highest BCUT2D eigenvalue weighted by molar-refractivity contribution is 7.92. The van der Waals surface area contributed by atoms with Crippen LogP contribution in [-0.2, 0) is 25.0 Å². The number of aliphatic carboxylic acids is 1. The van der Waals surface area contributed by atoms with Crippen LogP contribution in [0.5, 0.6) is 0 Å². The molecule has 1 heterocycles. The summed E-state index contributed by atoms with van der Waals surface area (Å²) in [6.45, 7) is 1.62. The van der Waals surface area contributed by atoms with Gasteiger partial charge in [0.05, 0.1) is 5.75 Å². The molecular weight excluding hydrogens is 354 g/mol. The molecule has 0 aliphatic carbocycles. The Hall–Kier alpha value is -1.60. The van der Waals surface area contributed by atoms with Crippen LogP contribution in [0.1, 0.15) is 38.2 Å². The second-order valence-corrected chi connectivity index (χ2v) is 8.65. The second-order valence-electron chi connectivity index (χ2n) is 5.91. The van der Waals surface area contributed by atoms with E-state index in [2.05, 4.69) is 5.32 Å². The Kier molecular flexibility index (Phi) is 5.55. The minimum Gasteiger partial charge on any atom is -0.479 e. The molecule has 1 amide bonds. The van der Waals surface area contributed by atoms with Crippen molar-refractivity contribution < 1.29 is 23.1 Å². The molecule has 6 nitrogen and oxygen atoms in total. The van der Waals surface area contributed by atoms with E-state index in [1.54, 1.807) is 6.92 Å². The van der Waals surface area contributed by atoms with E-state index < -0.39 is 32.5 Å². The van der Waals surface area contributed by atoms with Crippen molar-refractivity contribution in [2.45, 2.75) is 43.4 Å². The summed E-state index contributed by atoms with van der Waals surface area (Å²) >= 11 is 5.84. The van der Waals surface area contributed by atoms with Crippen LogP contribution >= 0.6 is 11.6 Å². The highest BCUT2D eigenvalue weighted by Crippen LogP contribution is 2.29. The molecule has 1 aliphatic rings. The van der Waals surface area contributed by atoms with E-state index in [4.69, 9.17) is 11.6 Å². The topological polar surface area (TPSA) is 101 Å². The lowest BCUT2D eigenvalue weighted by Gasteiger charge is -2.32. The lowest BCUT2D eigenvalue weighted by Crippen LogP contribution is -2.56. The molecule has 1 saturated heterocycles. The summed E-state index contributed by atoms with van der Waals surface area (Å²) in [5, 5.41) is 11.5. The van der Waals surface area contributed by atoms with Crippen molar-refractivity contribution >= 4 is 33.3 Å². The Morgan fingerprint density at radius 2 is 1.92 bits per heavy atom. The number of hydrogen-bond donors (Lipinski definition) is 2. The van der Waals surface area contributed by atoms with E-state index in [1.165, 1.54) is 24.3 Å². The number of sulfone groups is 1. The fraction of sp³-hybridized carbons (Fsp3) is 0.500. The first-order chi connectivity index (χ1) is 11.2. The molecule has 0 aromatic heterocycles. The molecule has 2 rings (SSSR count). The molecule has 1 aromatic carbocycles. The smallest absolute Gasteiger partial charge is 0.334 e. The maximum atomic E-state index is 12.6. The van der Waals surface area contributed by atoms with E-state index in [9.17, 15) is 23.1 Å². The van der Waals surface area contributed by atoms with Crippen molar-refractivity contribution in [3.8, 4) is 0 Å². The summed E-state index contributed by atoms with van der Waals surface area (Å²) in [4.78, 5) is 24.5. The first kappa shape index (κ1) is 18.7.